The quantitative estimate of drug-likeness (QED) is 0.786. The number of hydrogen-bond acceptors (Lipinski definition) is 3. The Morgan fingerprint density at radius 3 is 2.71 bits per heavy atom. The van der Waals surface area contributed by atoms with Crippen molar-refractivity contribution in [1.29, 1.82) is 0 Å². The van der Waals surface area contributed by atoms with E-state index >= 15 is 0 Å². The van der Waals surface area contributed by atoms with Crippen molar-refractivity contribution in [3.8, 4) is 5.75 Å². The lowest BCUT2D eigenvalue weighted by molar-refractivity contribution is 0.301. The zero-order chi connectivity index (χ0) is 15.2. The van der Waals surface area contributed by atoms with E-state index in [0.29, 0.717) is 24.5 Å². The highest BCUT2D eigenvalue weighted by Gasteiger charge is 2.09. The molecule has 0 fully saturated rings. The zero-order valence-corrected chi connectivity index (χ0v) is 12.4. The molecule has 0 aromatic heterocycles. The molecular weight excluding hydrogens is 267 g/mol. The summed E-state index contributed by atoms with van der Waals surface area (Å²) in [6.07, 6.45) is 0.829. The number of nitrogen functional groups attached to an aromatic ring is 1. The first-order chi connectivity index (χ1) is 10.1. The normalized spacial score (nSPS) is 10.4. The predicted octanol–water partition coefficient (Wildman–Crippen LogP) is 4.12. The Balaban J connectivity index is 2.14. The maximum Gasteiger partial charge on any atom is 0.167 e. The van der Waals surface area contributed by atoms with Gasteiger partial charge in [-0.15, -0.1) is 0 Å². The second-order valence-corrected chi connectivity index (χ2v) is 5.00. The molecule has 4 heteroatoms. The third kappa shape index (κ3) is 3.88. The van der Waals surface area contributed by atoms with Crippen LogP contribution in [0.3, 0.4) is 0 Å². The summed E-state index contributed by atoms with van der Waals surface area (Å²) in [5.74, 6) is -0.194. The van der Waals surface area contributed by atoms with E-state index in [1.165, 1.54) is 17.2 Å². The van der Waals surface area contributed by atoms with Gasteiger partial charge in [-0.25, -0.2) is 4.39 Å². The van der Waals surface area contributed by atoms with E-state index in [2.05, 4.69) is 24.4 Å². The molecule has 21 heavy (non-hydrogen) atoms. The molecule has 2 rings (SSSR count). The van der Waals surface area contributed by atoms with Crippen molar-refractivity contribution in [2.24, 2.45) is 0 Å². The first kappa shape index (κ1) is 15.2. The smallest absolute Gasteiger partial charge is 0.167 e. The summed E-state index contributed by atoms with van der Waals surface area (Å²) in [4.78, 5) is 0. The molecule has 0 aliphatic heterocycles. The van der Waals surface area contributed by atoms with Gasteiger partial charge in [0.25, 0.3) is 0 Å². The van der Waals surface area contributed by atoms with E-state index in [4.69, 9.17) is 10.5 Å². The lowest BCUT2D eigenvalue weighted by Gasteiger charge is -2.14. The molecule has 0 aliphatic carbocycles. The van der Waals surface area contributed by atoms with Gasteiger partial charge >= 0.3 is 0 Å². The summed E-state index contributed by atoms with van der Waals surface area (Å²) >= 11 is 0. The molecule has 112 valence electrons. The number of halogens is 1. The Morgan fingerprint density at radius 1 is 1.24 bits per heavy atom. The van der Waals surface area contributed by atoms with Crippen LogP contribution in [0, 0.1) is 12.7 Å². The van der Waals surface area contributed by atoms with Gasteiger partial charge in [0.2, 0.25) is 0 Å². The van der Waals surface area contributed by atoms with E-state index in [9.17, 15) is 4.39 Å². The highest BCUT2D eigenvalue weighted by atomic mass is 19.1. The second kappa shape index (κ2) is 6.97. The Morgan fingerprint density at radius 2 is 2.00 bits per heavy atom. The van der Waals surface area contributed by atoms with Gasteiger partial charge in [-0.1, -0.05) is 31.2 Å². The maximum atomic E-state index is 13.7. The number of aryl methyl sites for hydroxylation is 1. The number of hydrogen-bond donors (Lipinski definition) is 2. The Labute approximate surface area is 124 Å². The van der Waals surface area contributed by atoms with Crippen LogP contribution in [0.1, 0.15) is 24.5 Å². The van der Waals surface area contributed by atoms with Gasteiger partial charge in [0.05, 0.1) is 18.0 Å². The summed E-state index contributed by atoms with van der Waals surface area (Å²) in [5.41, 5.74) is 9.31. The first-order valence-corrected chi connectivity index (χ1v) is 7.12. The number of benzene rings is 2. The average molecular weight is 288 g/mol. The number of nitrogens with two attached hydrogens (primary N) is 1. The maximum absolute atomic E-state index is 13.7. The Kier molecular flexibility index (Phi) is 5.04. The number of rotatable bonds is 6. The minimum Gasteiger partial charge on any atom is -0.490 e. The molecule has 3 nitrogen and oxygen atoms in total. The van der Waals surface area contributed by atoms with E-state index in [1.807, 2.05) is 19.1 Å². The number of anilines is 2. The molecule has 0 radical (unpaired) electrons. The van der Waals surface area contributed by atoms with Crippen LogP contribution in [-0.2, 0) is 6.54 Å². The predicted molar refractivity (Wildman–Crippen MR) is 85.1 cm³/mol. The van der Waals surface area contributed by atoms with Crippen LogP contribution < -0.4 is 15.8 Å². The van der Waals surface area contributed by atoms with Crippen molar-refractivity contribution < 1.29 is 9.13 Å². The Hall–Kier alpha value is -2.23. The molecular formula is C17H21FN2O. The highest BCUT2D eigenvalue weighted by Crippen LogP contribution is 2.29. The van der Waals surface area contributed by atoms with E-state index in [0.717, 1.165) is 6.42 Å². The van der Waals surface area contributed by atoms with Gasteiger partial charge < -0.3 is 15.8 Å². The van der Waals surface area contributed by atoms with Crippen molar-refractivity contribution in [2.45, 2.75) is 26.8 Å². The van der Waals surface area contributed by atoms with Gasteiger partial charge in [-0.3, -0.25) is 0 Å². The highest BCUT2D eigenvalue weighted by molar-refractivity contribution is 5.68. The van der Waals surface area contributed by atoms with E-state index in [-0.39, 0.29) is 5.75 Å². The largest absolute Gasteiger partial charge is 0.490 e. The average Bonchev–Trinajstić information content (AvgIpc) is 2.47. The van der Waals surface area contributed by atoms with Gasteiger partial charge in [-0.05, 0) is 24.5 Å². The van der Waals surface area contributed by atoms with Crippen molar-refractivity contribution in [3.05, 3.63) is 53.3 Å². The van der Waals surface area contributed by atoms with Gasteiger partial charge in [-0.2, -0.15) is 0 Å². The number of nitrogens with one attached hydrogen (secondary N) is 1. The van der Waals surface area contributed by atoms with Crippen molar-refractivity contribution in [1.82, 2.24) is 0 Å². The topological polar surface area (TPSA) is 47.3 Å². The third-order valence-electron chi connectivity index (χ3n) is 3.30. The SMILES string of the molecule is CCCOc1cc(NCc2ccccc2C)c(N)cc1F. The summed E-state index contributed by atoms with van der Waals surface area (Å²) < 4.78 is 19.1. The molecule has 0 heterocycles. The molecule has 0 saturated heterocycles. The fraction of sp³-hybridized carbons (Fsp3) is 0.294. The molecule has 2 aromatic rings. The summed E-state index contributed by atoms with van der Waals surface area (Å²) in [6.45, 7) is 5.15. The first-order valence-electron chi connectivity index (χ1n) is 7.12. The molecule has 0 saturated carbocycles. The summed E-state index contributed by atoms with van der Waals surface area (Å²) in [6, 6.07) is 11.0. The van der Waals surface area contributed by atoms with E-state index < -0.39 is 5.82 Å². The molecule has 0 bridgehead atoms. The van der Waals surface area contributed by atoms with Gasteiger partial charge in [0.1, 0.15) is 0 Å². The fourth-order valence-corrected chi connectivity index (χ4v) is 2.04. The van der Waals surface area contributed by atoms with Crippen molar-refractivity contribution in [3.63, 3.8) is 0 Å². The molecule has 3 N–H and O–H groups in total. The molecule has 0 unspecified atom stereocenters. The molecule has 0 amide bonds. The van der Waals surface area contributed by atoms with Crippen LogP contribution in [0.5, 0.6) is 5.75 Å². The molecule has 0 aliphatic rings. The van der Waals surface area contributed by atoms with Crippen LogP contribution in [0.2, 0.25) is 0 Å². The third-order valence-corrected chi connectivity index (χ3v) is 3.30. The van der Waals surface area contributed by atoms with Crippen LogP contribution in [0.25, 0.3) is 0 Å². The lowest BCUT2D eigenvalue weighted by Crippen LogP contribution is -2.06. The lowest BCUT2D eigenvalue weighted by atomic mass is 10.1. The van der Waals surface area contributed by atoms with Crippen LogP contribution in [0.15, 0.2) is 36.4 Å². The van der Waals surface area contributed by atoms with Crippen LogP contribution >= 0.6 is 0 Å². The monoisotopic (exact) mass is 288 g/mol. The fourth-order valence-electron chi connectivity index (χ4n) is 2.04. The second-order valence-electron chi connectivity index (χ2n) is 5.00. The summed E-state index contributed by atoms with van der Waals surface area (Å²) in [5, 5.41) is 3.24. The van der Waals surface area contributed by atoms with Gasteiger partial charge in [0.15, 0.2) is 11.6 Å². The molecule has 0 spiro atoms. The molecule has 2 aromatic carbocycles. The number of ether oxygens (including phenoxy) is 1. The zero-order valence-electron chi connectivity index (χ0n) is 12.4. The molecule has 0 atom stereocenters. The Bertz CT molecular complexity index is 614. The van der Waals surface area contributed by atoms with Crippen molar-refractivity contribution >= 4 is 11.4 Å². The summed E-state index contributed by atoms with van der Waals surface area (Å²) in [7, 11) is 0. The van der Waals surface area contributed by atoms with Crippen LogP contribution in [-0.4, -0.2) is 6.61 Å². The van der Waals surface area contributed by atoms with Gasteiger partial charge in [0, 0.05) is 18.7 Å². The minimum atomic E-state index is -0.428. The standard InChI is InChI=1S/C17H21FN2O/c1-3-8-21-17-10-16(15(19)9-14(17)18)20-11-13-7-5-4-6-12(13)2/h4-7,9-10,20H,3,8,11,19H2,1-2H3. The minimum absolute atomic E-state index is 0.235. The van der Waals surface area contributed by atoms with Crippen LogP contribution in [0.4, 0.5) is 15.8 Å². The van der Waals surface area contributed by atoms with E-state index in [1.54, 1.807) is 6.07 Å². The van der Waals surface area contributed by atoms with Crippen molar-refractivity contribution in [2.75, 3.05) is 17.7 Å².